The predicted molar refractivity (Wildman–Crippen MR) is 167 cm³/mol. The van der Waals surface area contributed by atoms with E-state index in [9.17, 15) is 42.6 Å². The molecule has 0 unspecified atom stereocenters. The van der Waals surface area contributed by atoms with Crippen molar-refractivity contribution in [2.24, 2.45) is 5.73 Å². The number of hydrogen-bond acceptors (Lipinski definition) is 7. The minimum absolute atomic E-state index is 0.125. The van der Waals surface area contributed by atoms with E-state index in [2.05, 4.69) is 10.6 Å². The lowest BCUT2D eigenvalue weighted by molar-refractivity contribution is -0.192. The fourth-order valence-electron chi connectivity index (χ4n) is 5.20. The molecule has 0 saturated heterocycles. The Hall–Kier alpha value is -5.44. The Labute approximate surface area is 273 Å². The van der Waals surface area contributed by atoms with Crippen molar-refractivity contribution in [2.45, 2.75) is 64.0 Å². The predicted octanol–water partition coefficient (Wildman–Crippen LogP) is 3.06. The lowest BCUT2D eigenvalue weighted by atomic mass is 9.91. The molecule has 4 rings (SSSR count). The number of aromatic hydroxyl groups is 1. The Bertz CT molecular complexity index is 1640. The number of nitrogens with zero attached hydrogens (tertiary/aromatic N) is 1. The number of aryl methyl sites for hydroxylation is 2. The van der Waals surface area contributed by atoms with Crippen molar-refractivity contribution >= 4 is 35.3 Å². The number of hydrogen-bond donors (Lipinski definition) is 6. The van der Waals surface area contributed by atoms with Gasteiger partial charge in [-0.25, -0.2) is 4.79 Å². The summed E-state index contributed by atoms with van der Waals surface area (Å²) in [5.41, 5.74) is 11.0. The molecule has 48 heavy (non-hydrogen) atoms. The first-order valence-electron chi connectivity index (χ1n) is 14.6. The van der Waals surface area contributed by atoms with Crippen LogP contribution in [0.4, 0.5) is 18.9 Å². The van der Waals surface area contributed by atoms with E-state index in [1.165, 1.54) is 4.90 Å². The Kier molecular flexibility index (Phi) is 12.3. The van der Waals surface area contributed by atoms with Gasteiger partial charge in [-0.2, -0.15) is 13.2 Å². The lowest BCUT2D eigenvalue weighted by Gasteiger charge is -2.38. The van der Waals surface area contributed by atoms with Crippen LogP contribution in [0.2, 0.25) is 0 Å². The fourth-order valence-corrected chi connectivity index (χ4v) is 5.20. The molecule has 1 aliphatic heterocycles. The van der Waals surface area contributed by atoms with E-state index in [1.807, 2.05) is 38.1 Å². The minimum Gasteiger partial charge on any atom is -0.508 e. The number of carbonyl (C=O) groups is 5. The molecule has 256 valence electrons. The first-order valence-corrected chi connectivity index (χ1v) is 14.6. The number of halogens is 3. The Morgan fingerprint density at radius 3 is 2.02 bits per heavy atom. The Morgan fingerprint density at radius 2 is 1.48 bits per heavy atom. The Morgan fingerprint density at radius 1 is 0.938 bits per heavy atom. The summed E-state index contributed by atoms with van der Waals surface area (Å²) in [4.78, 5) is 62.2. The summed E-state index contributed by atoms with van der Waals surface area (Å²) in [6.45, 7) is 3.79. The monoisotopic (exact) mass is 672 g/mol. The summed E-state index contributed by atoms with van der Waals surface area (Å²) >= 11 is 0. The summed E-state index contributed by atoms with van der Waals surface area (Å²) in [5, 5.41) is 31.7. The van der Waals surface area contributed by atoms with Gasteiger partial charge in [-0.05, 0) is 72.4 Å². The van der Waals surface area contributed by atoms with Gasteiger partial charge in [0.2, 0.25) is 17.7 Å². The standard InChI is InChI=1S/C31H34N4O6.C2HF3O2/c1-18-12-23(36)13-19(2)24(18)15-25(32)31(41)35-17-21-9-7-6-8-20(21)14-27(35)30(40)34-26(16-28(37)38)29(39)33-22-10-4-3-5-11-22;3-2(4,5)1(6)7/h3-13,25-27,36H,14-17,32H2,1-2H3,(H,33,39)(H,34,40)(H,37,38);(H,6,7)/t25-,26-,27-;/m0./s1. The largest absolute Gasteiger partial charge is 0.508 e. The molecular formula is C33H35F3N4O8. The maximum absolute atomic E-state index is 13.8. The van der Waals surface area contributed by atoms with Crippen molar-refractivity contribution < 1.29 is 52.5 Å². The van der Waals surface area contributed by atoms with Crippen molar-refractivity contribution in [3.63, 3.8) is 0 Å². The summed E-state index contributed by atoms with van der Waals surface area (Å²) in [7, 11) is 0. The number of carboxylic acid groups (broad SMARTS) is 2. The van der Waals surface area contributed by atoms with Crippen LogP contribution in [0.25, 0.3) is 0 Å². The van der Waals surface area contributed by atoms with Gasteiger partial charge in [-0.3, -0.25) is 19.2 Å². The molecule has 0 bridgehead atoms. The number of anilines is 1. The van der Waals surface area contributed by atoms with Gasteiger partial charge in [0.1, 0.15) is 17.8 Å². The molecule has 12 nitrogen and oxygen atoms in total. The average molecular weight is 673 g/mol. The van der Waals surface area contributed by atoms with Crippen LogP contribution in [0.1, 0.15) is 34.2 Å². The number of para-hydroxylation sites is 1. The highest BCUT2D eigenvalue weighted by Crippen LogP contribution is 2.26. The van der Waals surface area contributed by atoms with Crippen LogP contribution in [-0.2, 0) is 43.4 Å². The van der Waals surface area contributed by atoms with Gasteiger partial charge >= 0.3 is 18.1 Å². The van der Waals surface area contributed by atoms with Gasteiger partial charge < -0.3 is 36.6 Å². The van der Waals surface area contributed by atoms with Gasteiger partial charge in [-0.1, -0.05) is 42.5 Å². The maximum Gasteiger partial charge on any atom is 0.490 e. The molecule has 0 aliphatic carbocycles. The molecule has 0 fully saturated rings. The quantitative estimate of drug-likeness (QED) is 0.198. The van der Waals surface area contributed by atoms with Crippen LogP contribution in [0.3, 0.4) is 0 Å². The zero-order valence-electron chi connectivity index (χ0n) is 26.0. The van der Waals surface area contributed by atoms with E-state index in [4.69, 9.17) is 15.6 Å². The molecule has 0 aromatic heterocycles. The molecule has 0 spiro atoms. The first kappa shape index (κ1) is 37.0. The van der Waals surface area contributed by atoms with Gasteiger partial charge in [0.25, 0.3) is 0 Å². The molecule has 0 saturated carbocycles. The van der Waals surface area contributed by atoms with E-state index >= 15 is 0 Å². The highest BCUT2D eigenvalue weighted by Gasteiger charge is 2.39. The second-order valence-electron chi connectivity index (χ2n) is 11.1. The third kappa shape index (κ3) is 10.0. The molecule has 3 aromatic rings. The zero-order chi connectivity index (χ0) is 35.8. The summed E-state index contributed by atoms with van der Waals surface area (Å²) < 4.78 is 31.7. The second-order valence-corrected chi connectivity index (χ2v) is 11.1. The third-order valence-electron chi connectivity index (χ3n) is 7.55. The maximum atomic E-state index is 13.8. The SMILES string of the molecule is Cc1cc(O)cc(C)c1C[C@H](N)C(=O)N1Cc2ccccc2C[C@H]1C(=O)N[C@@H](CC(=O)O)C(=O)Nc1ccccc1.O=C(O)C(F)(F)F. The number of carboxylic acids is 2. The van der Waals surface area contributed by atoms with E-state index in [0.717, 1.165) is 27.8 Å². The molecule has 0 radical (unpaired) electrons. The fraction of sp³-hybridized carbons (Fsp3) is 0.303. The molecule has 3 atom stereocenters. The van der Waals surface area contributed by atoms with E-state index in [0.29, 0.717) is 5.69 Å². The van der Waals surface area contributed by atoms with Crippen LogP contribution >= 0.6 is 0 Å². The number of carbonyl (C=O) groups excluding carboxylic acids is 3. The number of phenols is 1. The lowest BCUT2D eigenvalue weighted by Crippen LogP contribution is -2.59. The van der Waals surface area contributed by atoms with Crippen LogP contribution in [-0.4, -0.2) is 74.2 Å². The number of amides is 3. The molecule has 3 amide bonds. The molecule has 7 N–H and O–H groups in total. The summed E-state index contributed by atoms with van der Waals surface area (Å²) in [5.74, 6) is -5.67. The van der Waals surface area contributed by atoms with Crippen LogP contribution in [0.15, 0.2) is 66.7 Å². The number of aliphatic carboxylic acids is 2. The number of nitrogens with two attached hydrogens (primary N) is 1. The van der Waals surface area contributed by atoms with Gasteiger partial charge in [0.05, 0.1) is 12.5 Å². The Balaban J connectivity index is 0.000000804. The first-order chi connectivity index (χ1) is 22.5. The van der Waals surface area contributed by atoms with Crippen LogP contribution in [0.5, 0.6) is 5.75 Å². The summed E-state index contributed by atoms with van der Waals surface area (Å²) in [6.07, 6.45) is -5.34. The van der Waals surface area contributed by atoms with E-state index < -0.39 is 60.4 Å². The van der Waals surface area contributed by atoms with E-state index in [1.54, 1.807) is 42.5 Å². The average Bonchev–Trinajstić information content (AvgIpc) is 3.01. The second kappa shape index (κ2) is 15.9. The van der Waals surface area contributed by atoms with Crippen LogP contribution < -0.4 is 16.4 Å². The minimum atomic E-state index is -5.08. The van der Waals surface area contributed by atoms with Crippen molar-refractivity contribution in [1.82, 2.24) is 10.2 Å². The van der Waals surface area contributed by atoms with Crippen molar-refractivity contribution in [3.8, 4) is 5.75 Å². The van der Waals surface area contributed by atoms with Crippen LogP contribution in [0, 0.1) is 13.8 Å². The van der Waals surface area contributed by atoms with E-state index in [-0.39, 0.29) is 25.1 Å². The van der Waals surface area contributed by atoms with Gasteiger partial charge in [0, 0.05) is 18.7 Å². The van der Waals surface area contributed by atoms with Gasteiger partial charge in [-0.15, -0.1) is 0 Å². The number of fused-ring (bicyclic) bond motifs is 1. The number of alkyl halides is 3. The highest BCUT2D eigenvalue weighted by atomic mass is 19.4. The normalized spacial score (nSPS) is 15.1. The van der Waals surface area contributed by atoms with Crippen molar-refractivity contribution in [3.05, 3.63) is 94.5 Å². The highest BCUT2D eigenvalue weighted by molar-refractivity contribution is 6.00. The molecule has 1 aliphatic rings. The van der Waals surface area contributed by atoms with Crippen molar-refractivity contribution in [2.75, 3.05) is 5.32 Å². The molecule has 15 heteroatoms. The van der Waals surface area contributed by atoms with Crippen molar-refractivity contribution in [1.29, 1.82) is 0 Å². The van der Waals surface area contributed by atoms with Gasteiger partial charge in [0.15, 0.2) is 0 Å². The number of benzene rings is 3. The number of rotatable bonds is 9. The molecular weight excluding hydrogens is 637 g/mol. The number of phenolic OH excluding ortho intramolecular Hbond substituents is 1. The topological polar surface area (TPSA) is 199 Å². The zero-order valence-corrected chi connectivity index (χ0v) is 26.0. The molecule has 3 aromatic carbocycles. The smallest absolute Gasteiger partial charge is 0.490 e. The number of nitrogens with one attached hydrogen (secondary N) is 2. The third-order valence-corrected chi connectivity index (χ3v) is 7.55. The molecule has 1 heterocycles. The summed E-state index contributed by atoms with van der Waals surface area (Å²) in [6, 6.07) is 15.8.